The summed E-state index contributed by atoms with van der Waals surface area (Å²) in [5, 5.41) is 10.3. The predicted octanol–water partition coefficient (Wildman–Crippen LogP) is 9.82. The minimum Gasteiger partial charge on any atom is -0.393 e. The van der Waals surface area contributed by atoms with E-state index in [1.54, 1.807) is 14.0 Å². The smallest absolute Gasteiger partial charge is 0.158 e. The molecule has 4 nitrogen and oxygen atoms in total. The standard InChI is InChI=1S/C41H58O4/c1-29(18-14-20-31(3)22-23-35-37(33(5)42)36(44-11)28-38(35,6)7)16-12-13-17-30(2)19-15-21-32(4)24-25-41-39(8,9)26-34(43)27-40(41,10)45-41/h12-23,34,36,43H,24-28H2,1-11H3/b13-12+,18-14+,19-15+,23-22-,29-16+,30-17+,31-20+,32-21+/t34-,36+,40+,41-/m0/s1. The molecular weight excluding hydrogens is 556 g/mol. The highest BCUT2D eigenvalue weighted by Crippen LogP contribution is 2.67. The summed E-state index contributed by atoms with van der Waals surface area (Å²) in [6, 6.07) is 0. The topological polar surface area (TPSA) is 59.1 Å². The van der Waals surface area contributed by atoms with Gasteiger partial charge in [0.05, 0.1) is 17.8 Å². The third-order valence-corrected chi connectivity index (χ3v) is 10.0. The lowest BCUT2D eigenvalue weighted by atomic mass is 9.61. The lowest BCUT2D eigenvalue weighted by molar-refractivity contribution is -0.114. The molecule has 246 valence electrons. The number of hydrogen-bond donors (Lipinski definition) is 1. The van der Waals surface area contributed by atoms with Gasteiger partial charge >= 0.3 is 0 Å². The van der Waals surface area contributed by atoms with Gasteiger partial charge in [-0.3, -0.25) is 4.79 Å². The fourth-order valence-electron chi connectivity index (χ4n) is 7.46. The molecule has 2 aliphatic carbocycles. The number of fused-ring (bicyclic) bond motifs is 1. The number of methoxy groups -OCH3 is 1. The van der Waals surface area contributed by atoms with Crippen LogP contribution in [0.3, 0.4) is 0 Å². The number of aliphatic hydroxyl groups excluding tert-OH is 1. The maximum Gasteiger partial charge on any atom is 0.158 e. The second-order valence-electron chi connectivity index (χ2n) is 15.0. The molecule has 0 spiro atoms. The molecule has 4 heteroatoms. The average molecular weight is 615 g/mol. The van der Waals surface area contributed by atoms with Gasteiger partial charge in [0.2, 0.25) is 0 Å². The van der Waals surface area contributed by atoms with E-state index in [9.17, 15) is 9.90 Å². The van der Waals surface area contributed by atoms with Crippen molar-refractivity contribution in [2.45, 2.75) is 125 Å². The second-order valence-corrected chi connectivity index (χ2v) is 15.0. The first-order valence-corrected chi connectivity index (χ1v) is 16.5. The van der Waals surface area contributed by atoms with E-state index in [0.29, 0.717) is 0 Å². The molecule has 0 amide bonds. The Bertz CT molecular complexity index is 1390. The van der Waals surface area contributed by atoms with Crippen LogP contribution in [0.15, 0.2) is 106 Å². The van der Waals surface area contributed by atoms with Gasteiger partial charge in [-0.25, -0.2) is 0 Å². The van der Waals surface area contributed by atoms with E-state index < -0.39 is 0 Å². The van der Waals surface area contributed by atoms with Crippen LogP contribution in [0.4, 0.5) is 0 Å². The van der Waals surface area contributed by atoms with Gasteiger partial charge in [0.15, 0.2) is 5.78 Å². The molecule has 1 aliphatic heterocycles. The summed E-state index contributed by atoms with van der Waals surface area (Å²) in [7, 11) is 1.68. The lowest BCUT2D eigenvalue weighted by Gasteiger charge is -2.40. The highest BCUT2D eigenvalue weighted by molar-refractivity contribution is 5.96. The Morgan fingerprint density at radius 1 is 0.822 bits per heavy atom. The Labute approximate surface area is 273 Å². The second kappa shape index (κ2) is 14.8. The van der Waals surface area contributed by atoms with Crippen LogP contribution in [-0.4, -0.2) is 41.4 Å². The van der Waals surface area contributed by atoms with E-state index in [4.69, 9.17) is 9.47 Å². The lowest BCUT2D eigenvalue weighted by Crippen LogP contribution is -2.47. The predicted molar refractivity (Wildman–Crippen MR) is 189 cm³/mol. The molecule has 4 atom stereocenters. The summed E-state index contributed by atoms with van der Waals surface area (Å²) in [6.07, 6.45) is 29.2. The van der Waals surface area contributed by atoms with Crippen molar-refractivity contribution in [3.05, 3.63) is 106 Å². The van der Waals surface area contributed by atoms with Crippen LogP contribution in [0.25, 0.3) is 0 Å². The maximum absolute atomic E-state index is 12.3. The quantitative estimate of drug-likeness (QED) is 0.166. The number of epoxide rings is 1. The number of ether oxygens (including phenoxy) is 2. The van der Waals surface area contributed by atoms with Gasteiger partial charge in [-0.1, -0.05) is 123 Å². The van der Waals surface area contributed by atoms with Gasteiger partial charge in [-0.05, 0) is 83.6 Å². The summed E-state index contributed by atoms with van der Waals surface area (Å²) in [4.78, 5) is 12.3. The zero-order valence-electron chi connectivity index (χ0n) is 29.8. The number of rotatable bonds is 13. The Balaban J connectivity index is 1.49. The number of hydrogen-bond acceptors (Lipinski definition) is 4. The number of carbonyl (C=O) groups excluding carboxylic acids is 1. The fourth-order valence-corrected chi connectivity index (χ4v) is 7.46. The van der Waals surface area contributed by atoms with E-state index in [1.807, 2.05) is 0 Å². The molecule has 0 aromatic rings. The van der Waals surface area contributed by atoms with Crippen LogP contribution in [0.2, 0.25) is 0 Å². The van der Waals surface area contributed by atoms with Crippen LogP contribution in [0.5, 0.6) is 0 Å². The number of ketones is 1. The molecule has 1 saturated heterocycles. The van der Waals surface area contributed by atoms with Crippen molar-refractivity contribution in [3.8, 4) is 0 Å². The molecule has 3 rings (SSSR count). The molecule has 3 aliphatic rings. The maximum atomic E-state index is 12.3. The summed E-state index contributed by atoms with van der Waals surface area (Å²) in [5.74, 6) is 0.0874. The van der Waals surface area contributed by atoms with Crippen LogP contribution >= 0.6 is 0 Å². The average Bonchev–Trinajstić information content (AvgIpc) is 3.46. The molecule has 0 unspecified atom stereocenters. The van der Waals surface area contributed by atoms with Gasteiger partial charge in [0.1, 0.15) is 5.60 Å². The monoisotopic (exact) mass is 614 g/mol. The van der Waals surface area contributed by atoms with Crippen molar-refractivity contribution in [2.24, 2.45) is 10.8 Å². The van der Waals surface area contributed by atoms with Gasteiger partial charge in [0.25, 0.3) is 0 Å². The molecular formula is C41H58O4. The highest BCUT2D eigenvalue weighted by atomic mass is 16.6. The van der Waals surface area contributed by atoms with Crippen molar-refractivity contribution in [1.82, 2.24) is 0 Å². The van der Waals surface area contributed by atoms with Gasteiger partial charge in [-0.15, -0.1) is 0 Å². The van der Waals surface area contributed by atoms with Gasteiger partial charge in [-0.2, -0.15) is 0 Å². The molecule has 0 bridgehead atoms. The van der Waals surface area contributed by atoms with Crippen molar-refractivity contribution < 1.29 is 19.4 Å². The zero-order valence-corrected chi connectivity index (χ0v) is 29.8. The largest absolute Gasteiger partial charge is 0.393 e. The van der Waals surface area contributed by atoms with Crippen molar-refractivity contribution >= 4 is 5.78 Å². The number of Topliss-reactive ketones (excluding diaryl/α,β-unsaturated/α-hetero) is 1. The van der Waals surface area contributed by atoms with E-state index in [2.05, 4.69) is 135 Å². The summed E-state index contributed by atoms with van der Waals surface area (Å²) in [5.41, 5.74) is 6.27. The van der Waals surface area contributed by atoms with Crippen molar-refractivity contribution in [3.63, 3.8) is 0 Å². The van der Waals surface area contributed by atoms with E-state index >= 15 is 0 Å². The number of allylic oxidation sites excluding steroid dienone is 17. The normalized spacial score (nSPS) is 30.8. The first-order chi connectivity index (χ1) is 21.0. The van der Waals surface area contributed by atoms with Crippen molar-refractivity contribution in [1.29, 1.82) is 0 Å². The number of aliphatic hydroxyl groups is 1. The summed E-state index contributed by atoms with van der Waals surface area (Å²) in [6.45, 7) is 21.1. The van der Waals surface area contributed by atoms with E-state index in [0.717, 1.165) is 54.4 Å². The van der Waals surface area contributed by atoms with Gasteiger partial charge < -0.3 is 14.6 Å². The minimum absolute atomic E-state index is 0.0150. The Morgan fingerprint density at radius 3 is 1.93 bits per heavy atom. The molecule has 2 fully saturated rings. The van der Waals surface area contributed by atoms with Crippen LogP contribution < -0.4 is 0 Å². The SMILES string of the molecule is CO[C@@H]1CC(C)(C)C(\C=C/C(C)=C/C=C/C(C)=C/C=C/C=C(C)/C=C/C=C(\C)CC[C@@]23O[C@]2(C)C[C@@H](O)CC3(C)C)=C1C(C)=O. The van der Waals surface area contributed by atoms with Crippen molar-refractivity contribution in [2.75, 3.05) is 7.11 Å². The van der Waals surface area contributed by atoms with E-state index in [1.165, 1.54) is 11.1 Å². The molecule has 45 heavy (non-hydrogen) atoms. The summed E-state index contributed by atoms with van der Waals surface area (Å²) < 4.78 is 11.9. The Morgan fingerprint density at radius 2 is 1.38 bits per heavy atom. The van der Waals surface area contributed by atoms with Crippen LogP contribution in [-0.2, 0) is 14.3 Å². The molecule has 0 radical (unpaired) electrons. The third-order valence-electron chi connectivity index (χ3n) is 10.0. The Hall–Kier alpha value is -2.79. The highest BCUT2D eigenvalue weighted by Gasteiger charge is 2.75. The molecule has 1 N–H and O–H groups in total. The van der Waals surface area contributed by atoms with Gasteiger partial charge in [0, 0.05) is 19.1 Å². The molecule has 1 saturated carbocycles. The third kappa shape index (κ3) is 8.93. The van der Waals surface area contributed by atoms with Crippen LogP contribution in [0.1, 0.15) is 101 Å². The first kappa shape index (κ1) is 36.7. The minimum atomic E-state index is -0.262. The molecule has 1 heterocycles. The van der Waals surface area contributed by atoms with Crippen LogP contribution in [0, 0.1) is 10.8 Å². The molecule has 0 aromatic heterocycles. The van der Waals surface area contributed by atoms with E-state index in [-0.39, 0.29) is 40.0 Å². The Kier molecular flexibility index (Phi) is 12.0. The molecule has 0 aromatic carbocycles. The first-order valence-electron chi connectivity index (χ1n) is 16.5. The fraction of sp³-hybridized carbons (Fsp3) is 0.537. The number of carbonyl (C=O) groups is 1. The summed E-state index contributed by atoms with van der Waals surface area (Å²) >= 11 is 0. The zero-order chi connectivity index (χ0) is 33.6.